The predicted molar refractivity (Wildman–Crippen MR) is 61.5 cm³/mol. The van der Waals surface area contributed by atoms with E-state index in [0.29, 0.717) is 0 Å². The number of halogens is 1. The summed E-state index contributed by atoms with van der Waals surface area (Å²) in [6.45, 7) is 2.15. The molecule has 0 saturated carbocycles. The number of nitrogens with zero attached hydrogens (tertiary/aromatic N) is 1. The lowest BCUT2D eigenvalue weighted by molar-refractivity contribution is 0.373. The molecule has 1 aromatic rings. The maximum Gasteiger partial charge on any atom is 0.0481 e. The Kier molecular flexibility index (Phi) is 2.90. The molecule has 14 heavy (non-hydrogen) atoms. The highest BCUT2D eigenvalue weighted by atomic mass is 35.5. The van der Waals surface area contributed by atoms with E-state index in [2.05, 4.69) is 24.1 Å². The van der Waals surface area contributed by atoms with Crippen LogP contribution in [-0.2, 0) is 0 Å². The SMILES string of the molecule is CN1CCC=C(c2ccccc2Cl)C1. The Balaban J connectivity index is 2.31. The molecule has 74 valence electrons. The van der Waals surface area contributed by atoms with Gasteiger partial charge < -0.3 is 4.90 Å². The highest BCUT2D eigenvalue weighted by Crippen LogP contribution is 2.26. The summed E-state index contributed by atoms with van der Waals surface area (Å²) in [6, 6.07) is 8.05. The standard InChI is InChI=1S/C12H14ClN/c1-14-8-4-5-10(9-14)11-6-2-3-7-12(11)13/h2-3,5-7H,4,8-9H2,1H3. The molecule has 0 spiro atoms. The van der Waals surface area contributed by atoms with E-state index in [1.165, 1.54) is 11.1 Å². The monoisotopic (exact) mass is 207 g/mol. The maximum absolute atomic E-state index is 6.15. The van der Waals surface area contributed by atoms with Crippen LogP contribution in [0.4, 0.5) is 0 Å². The topological polar surface area (TPSA) is 3.24 Å². The quantitative estimate of drug-likeness (QED) is 0.684. The molecule has 0 radical (unpaired) electrons. The first-order valence-corrected chi connectivity index (χ1v) is 5.27. The van der Waals surface area contributed by atoms with Crippen LogP contribution in [0.15, 0.2) is 30.3 Å². The molecule has 0 bridgehead atoms. The van der Waals surface area contributed by atoms with Crippen molar-refractivity contribution in [3.63, 3.8) is 0 Å². The van der Waals surface area contributed by atoms with Gasteiger partial charge in [-0.25, -0.2) is 0 Å². The molecule has 0 amide bonds. The molecular formula is C12H14ClN. The van der Waals surface area contributed by atoms with Crippen molar-refractivity contribution in [2.24, 2.45) is 0 Å². The van der Waals surface area contributed by atoms with Crippen molar-refractivity contribution in [2.45, 2.75) is 6.42 Å². The van der Waals surface area contributed by atoms with Crippen molar-refractivity contribution < 1.29 is 0 Å². The van der Waals surface area contributed by atoms with Gasteiger partial charge in [-0.05, 0) is 30.7 Å². The first-order chi connectivity index (χ1) is 6.77. The molecule has 0 atom stereocenters. The molecule has 1 aliphatic heterocycles. The fraction of sp³-hybridized carbons (Fsp3) is 0.333. The van der Waals surface area contributed by atoms with Gasteiger partial charge in [0.25, 0.3) is 0 Å². The first-order valence-electron chi connectivity index (χ1n) is 4.90. The van der Waals surface area contributed by atoms with Crippen molar-refractivity contribution >= 4 is 17.2 Å². The molecule has 1 aromatic carbocycles. The van der Waals surface area contributed by atoms with E-state index in [1.54, 1.807) is 0 Å². The second-order valence-corrected chi connectivity index (χ2v) is 4.14. The number of rotatable bonds is 1. The average molecular weight is 208 g/mol. The minimum absolute atomic E-state index is 0.856. The van der Waals surface area contributed by atoms with E-state index in [-0.39, 0.29) is 0 Å². The van der Waals surface area contributed by atoms with E-state index < -0.39 is 0 Å². The second-order valence-electron chi connectivity index (χ2n) is 3.74. The normalized spacial score (nSPS) is 18.0. The third kappa shape index (κ3) is 1.99. The molecule has 2 heteroatoms. The third-order valence-corrected chi connectivity index (χ3v) is 2.89. The molecule has 2 rings (SSSR count). The summed E-state index contributed by atoms with van der Waals surface area (Å²) in [7, 11) is 2.14. The second kappa shape index (κ2) is 4.16. The molecule has 1 nitrogen and oxygen atoms in total. The summed E-state index contributed by atoms with van der Waals surface area (Å²) in [5, 5.41) is 0.856. The number of benzene rings is 1. The lowest BCUT2D eigenvalue weighted by Gasteiger charge is -2.23. The molecule has 0 aromatic heterocycles. The van der Waals surface area contributed by atoms with E-state index in [4.69, 9.17) is 11.6 Å². The Hall–Kier alpha value is -0.790. The molecule has 0 unspecified atom stereocenters. The third-order valence-electron chi connectivity index (χ3n) is 2.56. The van der Waals surface area contributed by atoms with E-state index in [0.717, 1.165) is 24.5 Å². The summed E-state index contributed by atoms with van der Waals surface area (Å²) in [5.41, 5.74) is 2.53. The first kappa shape index (κ1) is 9.75. The Labute approximate surface area is 90.0 Å². The van der Waals surface area contributed by atoms with Crippen molar-refractivity contribution in [1.82, 2.24) is 4.90 Å². The van der Waals surface area contributed by atoms with Crippen LogP contribution in [0.1, 0.15) is 12.0 Å². The van der Waals surface area contributed by atoms with Gasteiger partial charge in [0.05, 0.1) is 0 Å². The molecule has 0 aliphatic carbocycles. The fourth-order valence-corrected chi connectivity index (χ4v) is 2.07. The van der Waals surface area contributed by atoms with E-state index >= 15 is 0 Å². The zero-order valence-corrected chi connectivity index (χ0v) is 9.09. The van der Waals surface area contributed by atoms with Crippen LogP contribution >= 0.6 is 11.6 Å². The molecule has 0 N–H and O–H groups in total. The van der Waals surface area contributed by atoms with Crippen molar-refractivity contribution in [3.8, 4) is 0 Å². The Morgan fingerprint density at radius 2 is 2.07 bits per heavy atom. The summed E-state index contributed by atoms with van der Waals surface area (Å²) >= 11 is 6.15. The number of hydrogen-bond donors (Lipinski definition) is 0. The van der Waals surface area contributed by atoms with Gasteiger partial charge in [-0.2, -0.15) is 0 Å². The summed E-state index contributed by atoms with van der Waals surface area (Å²) in [6.07, 6.45) is 3.41. The summed E-state index contributed by atoms with van der Waals surface area (Å²) in [5.74, 6) is 0. The van der Waals surface area contributed by atoms with Crippen LogP contribution in [0.2, 0.25) is 5.02 Å². The maximum atomic E-state index is 6.15. The lowest BCUT2D eigenvalue weighted by Crippen LogP contribution is -2.24. The Bertz CT molecular complexity index is 357. The van der Waals surface area contributed by atoms with Gasteiger partial charge in [0.1, 0.15) is 0 Å². The van der Waals surface area contributed by atoms with Gasteiger partial charge in [-0.1, -0.05) is 35.9 Å². The predicted octanol–water partition coefficient (Wildman–Crippen LogP) is 3.06. The van der Waals surface area contributed by atoms with Crippen LogP contribution in [-0.4, -0.2) is 25.0 Å². The minimum atomic E-state index is 0.856. The van der Waals surface area contributed by atoms with Crippen LogP contribution in [0.25, 0.3) is 5.57 Å². The molecular weight excluding hydrogens is 194 g/mol. The van der Waals surface area contributed by atoms with Gasteiger partial charge in [0, 0.05) is 18.1 Å². The van der Waals surface area contributed by atoms with Crippen LogP contribution < -0.4 is 0 Å². The highest BCUT2D eigenvalue weighted by Gasteiger charge is 2.11. The van der Waals surface area contributed by atoms with Crippen molar-refractivity contribution in [3.05, 3.63) is 40.9 Å². The van der Waals surface area contributed by atoms with Gasteiger partial charge in [-0.15, -0.1) is 0 Å². The average Bonchev–Trinajstić information content (AvgIpc) is 2.18. The number of hydrogen-bond acceptors (Lipinski definition) is 1. The van der Waals surface area contributed by atoms with Crippen LogP contribution in [0, 0.1) is 0 Å². The molecule has 1 heterocycles. The van der Waals surface area contributed by atoms with E-state index in [9.17, 15) is 0 Å². The number of likely N-dealkylation sites (N-methyl/N-ethyl adjacent to an activating group) is 1. The lowest BCUT2D eigenvalue weighted by atomic mass is 10.0. The fourth-order valence-electron chi connectivity index (χ4n) is 1.81. The molecule has 0 fully saturated rings. The van der Waals surface area contributed by atoms with E-state index in [1.807, 2.05) is 18.2 Å². The van der Waals surface area contributed by atoms with Crippen molar-refractivity contribution in [2.75, 3.05) is 20.1 Å². The summed E-state index contributed by atoms with van der Waals surface area (Å²) in [4.78, 5) is 2.32. The Morgan fingerprint density at radius 1 is 1.29 bits per heavy atom. The van der Waals surface area contributed by atoms with Crippen LogP contribution in [0.5, 0.6) is 0 Å². The van der Waals surface area contributed by atoms with Crippen molar-refractivity contribution in [1.29, 1.82) is 0 Å². The highest BCUT2D eigenvalue weighted by molar-refractivity contribution is 6.32. The molecule has 0 saturated heterocycles. The van der Waals surface area contributed by atoms with Crippen LogP contribution in [0.3, 0.4) is 0 Å². The van der Waals surface area contributed by atoms with Gasteiger partial charge in [-0.3, -0.25) is 0 Å². The van der Waals surface area contributed by atoms with Gasteiger partial charge in [0.2, 0.25) is 0 Å². The summed E-state index contributed by atoms with van der Waals surface area (Å²) < 4.78 is 0. The Morgan fingerprint density at radius 3 is 2.79 bits per heavy atom. The zero-order valence-electron chi connectivity index (χ0n) is 8.33. The minimum Gasteiger partial charge on any atom is -0.302 e. The largest absolute Gasteiger partial charge is 0.302 e. The smallest absolute Gasteiger partial charge is 0.0481 e. The van der Waals surface area contributed by atoms with Gasteiger partial charge in [0.15, 0.2) is 0 Å². The van der Waals surface area contributed by atoms with Gasteiger partial charge >= 0.3 is 0 Å². The molecule has 1 aliphatic rings. The zero-order chi connectivity index (χ0) is 9.97.